The molecule has 3 saturated carbocycles. The van der Waals surface area contributed by atoms with Gasteiger partial charge >= 0.3 is 12.0 Å². The molecule has 2 amide bonds. The van der Waals surface area contributed by atoms with Crippen molar-refractivity contribution in [3.05, 3.63) is 6.20 Å². The average molecular weight is 485 g/mol. The SMILES string of the molecule is C[C@H]1CC[C@H](N(C(=O)Nc2ncc(S(=O)(=O)NC3(C(=O)O)CC3)s2)C2CCCCC2)CC1. The Hall–Kier alpha value is -1.72. The summed E-state index contributed by atoms with van der Waals surface area (Å²) in [4.78, 5) is 30.8. The first-order chi connectivity index (χ1) is 15.2. The highest BCUT2D eigenvalue weighted by Gasteiger charge is 2.53. The molecule has 9 nitrogen and oxygen atoms in total. The van der Waals surface area contributed by atoms with Crippen LogP contribution in [0.2, 0.25) is 0 Å². The van der Waals surface area contributed by atoms with Gasteiger partial charge in [0.1, 0.15) is 5.54 Å². The van der Waals surface area contributed by atoms with Gasteiger partial charge in [-0.1, -0.05) is 37.5 Å². The maximum absolute atomic E-state index is 13.3. The quantitative estimate of drug-likeness (QED) is 0.540. The van der Waals surface area contributed by atoms with Crippen molar-refractivity contribution in [2.24, 2.45) is 5.92 Å². The predicted octanol–water partition coefficient (Wildman–Crippen LogP) is 3.78. The van der Waals surface area contributed by atoms with E-state index in [0.717, 1.165) is 62.7 Å². The maximum Gasteiger partial charge on any atom is 0.324 e. The zero-order valence-corrected chi connectivity index (χ0v) is 20.0. The number of urea groups is 1. The van der Waals surface area contributed by atoms with Crippen LogP contribution in [0, 0.1) is 5.92 Å². The number of aliphatic carboxylic acids is 1. The number of carbonyl (C=O) groups is 2. The Morgan fingerprint density at radius 1 is 1.09 bits per heavy atom. The second kappa shape index (κ2) is 9.26. The first-order valence-electron chi connectivity index (χ1n) is 11.5. The summed E-state index contributed by atoms with van der Waals surface area (Å²) < 4.78 is 27.4. The summed E-state index contributed by atoms with van der Waals surface area (Å²) in [6.07, 6.45) is 11.3. The molecule has 0 saturated heterocycles. The first kappa shape index (κ1) is 23.4. The van der Waals surface area contributed by atoms with Gasteiger partial charge in [0.25, 0.3) is 10.0 Å². The van der Waals surface area contributed by atoms with E-state index in [2.05, 4.69) is 21.9 Å². The number of carboxylic acids is 1. The number of carboxylic acid groups (broad SMARTS) is 1. The van der Waals surface area contributed by atoms with Crippen molar-refractivity contribution in [1.29, 1.82) is 0 Å². The van der Waals surface area contributed by atoms with Crippen LogP contribution < -0.4 is 10.0 Å². The van der Waals surface area contributed by atoms with Crippen molar-refractivity contribution in [1.82, 2.24) is 14.6 Å². The van der Waals surface area contributed by atoms with E-state index >= 15 is 0 Å². The number of hydrogen-bond donors (Lipinski definition) is 3. The fourth-order valence-corrected chi connectivity index (χ4v) is 7.34. The molecule has 0 atom stereocenters. The Balaban J connectivity index is 1.46. The van der Waals surface area contributed by atoms with Crippen molar-refractivity contribution in [2.45, 2.75) is 99.4 Å². The van der Waals surface area contributed by atoms with Crippen LogP contribution in [0.15, 0.2) is 10.4 Å². The molecular weight excluding hydrogens is 452 g/mol. The smallest absolute Gasteiger partial charge is 0.324 e. The van der Waals surface area contributed by atoms with Gasteiger partial charge in [-0.2, -0.15) is 4.72 Å². The maximum atomic E-state index is 13.3. The van der Waals surface area contributed by atoms with Crippen LogP contribution in [-0.2, 0) is 14.8 Å². The zero-order valence-electron chi connectivity index (χ0n) is 18.4. The van der Waals surface area contributed by atoms with E-state index in [9.17, 15) is 23.1 Å². The normalized spacial score (nSPS) is 25.8. The van der Waals surface area contributed by atoms with Gasteiger partial charge in [0, 0.05) is 12.1 Å². The molecule has 0 unspecified atom stereocenters. The van der Waals surface area contributed by atoms with Crippen LogP contribution in [0.25, 0.3) is 0 Å². The van der Waals surface area contributed by atoms with Gasteiger partial charge < -0.3 is 10.0 Å². The number of aromatic nitrogens is 1. The number of sulfonamides is 1. The number of hydrogen-bond acceptors (Lipinski definition) is 6. The highest BCUT2D eigenvalue weighted by Crippen LogP contribution is 2.38. The summed E-state index contributed by atoms with van der Waals surface area (Å²) in [6.45, 7) is 2.25. The van der Waals surface area contributed by atoms with Gasteiger partial charge in [-0.05, 0) is 57.3 Å². The highest BCUT2D eigenvalue weighted by molar-refractivity contribution is 7.91. The molecule has 3 N–H and O–H groups in total. The van der Waals surface area contributed by atoms with Crippen LogP contribution in [0.5, 0.6) is 0 Å². The average Bonchev–Trinajstić information content (AvgIpc) is 3.37. The summed E-state index contributed by atoms with van der Waals surface area (Å²) in [5.74, 6) is -0.494. The van der Waals surface area contributed by atoms with Crippen molar-refractivity contribution >= 4 is 38.5 Å². The number of nitrogens with zero attached hydrogens (tertiary/aromatic N) is 2. The molecule has 1 heterocycles. The highest BCUT2D eigenvalue weighted by atomic mass is 32.2. The number of amides is 2. The lowest BCUT2D eigenvalue weighted by molar-refractivity contribution is -0.140. The van der Waals surface area contributed by atoms with Gasteiger partial charge in [0.15, 0.2) is 9.34 Å². The summed E-state index contributed by atoms with van der Waals surface area (Å²) in [6, 6.07) is 0.189. The molecule has 3 aliphatic carbocycles. The number of rotatable bonds is 7. The molecule has 0 aliphatic heterocycles. The van der Waals surface area contributed by atoms with Gasteiger partial charge in [0.2, 0.25) is 0 Å². The molecule has 178 valence electrons. The van der Waals surface area contributed by atoms with Crippen LogP contribution in [-0.4, -0.2) is 53.0 Å². The number of nitrogens with one attached hydrogen (secondary N) is 2. The fourth-order valence-electron chi connectivity index (χ4n) is 4.90. The van der Waals surface area contributed by atoms with E-state index in [0.29, 0.717) is 5.92 Å². The number of thiazole rings is 1. The van der Waals surface area contributed by atoms with Crippen molar-refractivity contribution < 1.29 is 23.1 Å². The van der Waals surface area contributed by atoms with Gasteiger partial charge in [-0.25, -0.2) is 18.2 Å². The standard InChI is InChI=1S/C21H32N4O5S2/c1-14-7-9-16(10-8-14)25(15-5-3-2-4-6-15)20(28)23-19-22-13-17(31-19)32(29,30)24-21(11-12-21)18(26)27/h13-16,24H,2-12H2,1H3,(H,26,27)(H,22,23,28)/t14-,16-. The molecule has 32 heavy (non-hydrogen) atoms. The third-order valence-electron chi connectivity index (χ3n) is 7.03. The van der Waals surface area contributed by atoms with Crippen LogP contribution in [0.1, 0.15) is 77.6 Å². The molecular formula is C21H32N4O5S2. The Morgan fingerprint density at radius 3 is 2.31 bits per heavy atom. The van der Waals surface area contributed by atoms with Gasteiger partial charge in [-0.3, -0.25) is 10.1 Å². The summed E-state index contributed by atoms with van der Waals surface area (Å²) in [5.41, 5.74) is -1.41. The summed E-state index contributed by atoms with van der Waals surface area (Å²) in [5, 5.41) is 12.3. The molecule has 0 bridgehead atoms. The topological polar surface area (TPSA) is 129 Å². The molecule has 1 aromatic heterocycles. The summed E-state index contributed by atoms with van der Waals surface area (Å²) >= 11 is 0.846. The Labute approximate surface area is 193 Å². The molecule has 3 aliphatic rings. The van der Waals surface area contributed by atoms with E-state index in [1.165, 1.54) is 12.6 Å². The van der Waals surface area contributed by atoms with Crippen LogP contribution >= 0.6 is 11.3 Å². The van der Waals surface area contributed by atoms with Crippen molar-refractivity contribution in [3.63, 3.8) is 0 Å². The molecule has 0 spiro atoms. The Bertz CT molecular complexity index is 945. The monoisotopic (exact) mass is 484 g/mol. The fraction of sp³-hybridized carbons (Fsp3) is 0.762. The minimum atomic E-state index is -4.02. The van der Waals surface area contributed by atoms with Crippen LogP contribution in [0.3, 0.4) is 0 Å². The lowest BCUT2D eigenvalue weighted by atomic mass is 9.84. The lowest BCUT2D eigenvalue weighted by Gasteiger charge is -2.42. The minimum absolute atomic E-state index is 0.101. The van der Waals surface area contributed by atoms with Crippen molar-refractivity contribution in [2.75, 3.05) is 5.32 Å². The van der Waals surface area contributed by atoms with E-state index < -0.39 is 21.5 Å². The number of carbonyl (C=O) groups excluding carboxylic acids is 1. The van der Waals surface area contributed by atoms with Crippen LogP contribution in [0.4, 0.5) is 9.93 Å². The largest absolute Gasteiger partial charge is 0.480 e. The van der Waals surface area contributed by atoms with Crippen molar-refractivity contribution in [3.8, 4) is 0 Å². The molecule has 11 heteroatoms. The molecule has 4 rings (SSSR count). The zero-order chi connectivity index (χ0) is 22.9. The van der Waals surface area contributed by atoms with E-state index in [1.54, 1.807) is 0 Å². The molecule has 0 aromatic carbocycles. The third-order valence-corrected chi connectivity index (χ3v) is 9.94. The van der Waals surface area contributed by atoms with E-state index in [1.807, 2.05) is 4.90 Å². The predicted molar refractivity (Wildman–Crippen MR) is 121 cm³/mol. The molecule has 3 fully saturated rings. The lowest BCUT2D eigenvalue weighted by Crippen LogP contribution is -2.51. The van der Waals surface area contributed by atoms with E-state index in [4.69, 9.17) is 0 Å². The second-order valence-electron chi connectivity index (χ2n) is 9.52. The van der Waals surface area contributed by atoms with E-state index in [-0.39, 0.29) is 40.3 Å². The minimum Gasteiger partial charge on any atom is -0.480 e. The van der Waals surface area contributed by atoms with Gasteiger partial charge in [0.05, 0.1) is 6.20 Å². The second-order valence-corrected chi connectivity index (χ2v) is 12.5. The first-order valence-corrected chi connectivity index (χ1v) is 13.8. The Kier molecular flexibility index (Phi) is 6.78. The van der Waals surface area contributed by atoms with Gasteiger partial charge in [-0.15, -0.1) is 0 Å². The third kappa shape index (κ3) is 5.09. The number of anilines is 1. The molecule has 1 aromatic rings. The Morgan fingerprint density at radius 2 is 1.72 bits per heavy atom. The molecule has 0 radical (unpaired) electrons. The summed E-state index contributed by atoms with van der Waals surface area (Å²) in [7, 11) is -4.02.